The molecule has 3 fully saturated rings. The number of nitrogens with zero attached hydrogens (tertiary/aromatic N) is 5. The summed E-state index contributed by atoms with van der Waals surface area (Å²) in [6.45, 7) is 0.608. The van der Waals surface area contributed by atoms with Gasteiger partial charge < -0.3 is 25.4 Å². The summed E-state index contributed by atoms with van der Waals surface area (Å²) in [5, 5.41) is 16.2. The van der Waals surface area contributed by atoms with Gasteiger partial charge in [0.25, 0.3) is 11.5 Å². The summed E-state index contributed by atoms with van der Waals surface area (Å²) < 4.78 is 75.2. The third kappa shape index (κ3) is 7.48. The number of hydrogen-bond acceptors (Lipinski definition) is 11. The third-order valence-corrected chi connectivity index (χ3v) is 14.5. The molecule has 4 aliphatic heterocycles. The molecule has 3 amide bonds. The molecular formula is C35H40FN7O10S2. The van der Waals surface area contributed by atoms with Crippen molar-refractivity contribution in [2.45, 2.75) is 54.1 Å². The van der Waals surface area contributed by atoms with Crippen molar-refractivity contribution in [3.8, 4) is 5.75 Å². The van der Waals surface area contributed by atoms with Crippen molar-refractivity contribution in [1.82, 2.24) is 33.7 Å². The van der Waals surface area contributed by atoms with Gasteiger partial charge in [0.15, 0.2) is 5.69 Å². The molecule has 20 heteroatoms. The Labute approximate surface area is 316 Å². The van der Waals surface area contributed by atoms with Crippen LogP contribution in [0.3, 0.4) is 0 Å². The number of fused-ring (bicyclic) bond motifs is 2. The van der Waals surface area contributed by atoms with Crippen LogP contribution in [0.1, 0.15) is 47.6 Å². The van der Waals surface area contributed by atoms with Gasteiger partial charge in [-0.1, -0.05) is 12.1 Å². The number of aromatic nitrogens is 2. The number of aromatic hydroxyl groups is 1. The van der Waals surface area contributed by atoms with Crippen LogP contribution in [0.25, 0.3) is 0 Å². The lowest BCUT2D eigenvalue weighted by Crippen LogP contribution is -2.57. The zero-order valence-corrected chi connectivity index (χ0v) is 31.3. The Bertz CT molecular complexity index is 2260. The quantitative estimate of drug-likeness (QED) is 0.260. The average Bonchev–Trinajstić information content (AvgIpc) is 3.44. The van der Waals surface area contributed by atoms with E-state index in [1.54, 1.807) is 0 Å². The summed E-state index contributed by atoms with van der Waals surface area (Å²) in [4.78, 5) is 59.3. The molecule has 3 N–H and O–H groups in total. The Balaban J connectivity index is 1.03. The zero-order valence-electron chi connectivity index (χ0n) is 29.6. The number of rotatable bonds is 8. The van der Waals surface area contributed by atoms with E-state index in [1.165, 1.54) is 62.3 Å². The molecule has 1 aromatic heterocycles. The first-order chi connectivity index (χ1) is 26.2. The van der Waals surface area contributed by atoms with Crippen molar-refractivity contribution in [1.29, 1.82) is 0 Å². The van der Waals surface area contributed by atoms with Crippen LogP contribution < -0.4 is 16.2 Å². The fourth-order valence-corrected chi connectivity index (χ4v) is 10.4. The highest BCUT2D eigenvalue weighted by Gasteiger charge is 2.47. The molecular weight excluding hydrogens is 762 g/mol. The second-order valence-electron chi connectivity index (χ2n) is 14.0. The van der Waals surface area contributed by atoms with Crippen molar-refractivity contribution < 1.29 is 45.5 Å². The van der Waals surface area contributed by atoms with Gasteiger partial charge in [-0.15, -0.1) is 0 Å². The summed E-state index contributed by atoms with van der Waals surface area (Å²) in [5.74, 6) is -4.02. The van der Waals surface area contributed by atoms with E-state index in [1.807, 2.05) is 0 Å². The number of hydrogen-bond donors (Lipinski definition) is 3. The van der Waals surface area contributed by atoms with Crippen LogP contribution in [-0.2, 0) is 53.0 Å². The standard InChI is InChI=1S/C35H40FN7O10S2/c36-25-3-1-23(2-4-25)21-37-30(45)28-29(44)32(47)43-22-24-9-11-35(12-10-24,34(43)38-28)39-31(46)33(48)40-13-15-41(16-14-40)54(49,50)26-5-7-27(8-6-26)55(51,52)42-17-19-53-20-18-42/h1-8,24,44H,9-22H2,(H,37,45)(H,39,46). The van der Waals surface area contributed by atoms with Gasteiger partial charge >= 0.3 is 11.8 Å². The highest BCUT2D eigenvalue weighted by atomic mass is 32.2. The number of ether oxygens (including phenoxy) is 1. The maximum atomic E-state index is 13.6. The van der Waals surface area contributed by atoms with Gasteiger partial charge in [0.2, 0.25) is 25.8 Å². The molecule has 2 bridgehead atoms. The minimum Gasteiger partial charge on any atom is -0.501 e. The lowest BCUT2D eigenvalue weighted by Gasteiger charge is -2.38. The molecule has 5 heterocycles. The van der Waals surface area contributed by atoms with Crippen LogP contribution in [0.15, 0.2) is 63.1 Å². The molecule has 0 radical (unpaired) electrons. The van der Waals surface area contributed by atoms with E-state index in [0.717, 1.165) is 4.31 Å². The van der Waals surface area contributed by atoms with Gasteiger partial charge in [-0.3, -0.25) is 23.7 Å². The molecule has 3 aromatic rings. The second kappa shape index (κ2) is 15.1. The molecule has 0 spiro atoms. The van der Waals surface area contributed by atoms with Crippen LogP contribution in [0.2, 0.25) is 0 Å². The summed E-state index contributed by atoms with van der Waals surface area (Å²) in [6, 6.07) is 10.3. The second-order valence-corrected chi connectivity index (χ2v) is 17.9. The smallest absolute Gasteiger partial charge is 0.311 e. The van der Waals surface area contributed by atoms with E-state index in [9.17, 15) is 45.5 Å². The topological polar surface area (TPSA) is 218 Å². The van der Waals surface area contributed by atoms with Gasteiger partial charge in [0.05, 0.1) is 28.5 Å². The highest BCUT2D eigenvalue weighted by molar-refractivity contribution is 7.89. The minimum absolute atomic E-state index is 0.0273. The minimum atomic E-state index is -4.07. The predicted molar refractivity (Wildman–Crippen MR) is 191 cm³/mol. The molecule has 8 rings (SSSR count). The van der Waals surface area contributed by atoms with Gasteiger partial charge in [0.1, 0.15) is 11.6 Å². The van der Waals surface area contributed by atoms with E-state index >= 15 is 0 Å². The number of carbonyl (C=O) groups excluding carboxylic acids is 3. The van der Waals surface area contributed by atoms with Crippen LogP contribution in [0.4, 0.5) is 4.39 Å². The monoisotopic (exact) mass is 801 g/mol. The predicted octanol–water partition coefficient (Wildman–Crippen LogP) is 0.0873. The number of benzene rings is 2. The summed E-state index contributed by atoms with van der Waals surface area (Å²) in [5.41, 5.74) is -2.16. The first-order valence-electron chi connectivity index (χ1n) is 17.9. The molecule has 0 atom stereocenters. The van der Waals surface area contributed by atoms with Gasteiger partial charge in [-0.25, -0.2) is 26.2 Å². The average molecular weight is 802 g/mol. The fraction of sp³-hybridized carbons (Fsp3) is 0.457. The molecule has 294 valence electrons. The zero-order chi connectivity index (χ0) is 39.1. The van der Waals surface area contributed by atoms with Gasteiger partial charge in [-0.2, -0.15) is 8.61 Å². The number of halogens is 1. The van der Waals surface area contributed by atoms with Crippen molar-refractivity contribution in [3.63, 3.8) is 0 Å². The van der Waals surface area contributed by atoms with Crippen LogP contribution >= 0.6 is 0 Å². The van der Waals surface area contributed by atoms with E-state index in [4.69, 9.17) is 4.74 Å². The fourth-order valence-electron chi connectivity index (χ4n) is 7.54. The molecule has 17 nitrogen and oxygen atoms in total. The van der Waals surface area contributed by atoms with Crippen LogP contribution in [0, 0.1) is 11.7 Å². The van der Waals surface area contributed by atoms with E-state index in [0.29, 0.717) is 31.2 Å². The highest BCUT2D eigenvalue weighted by Crippen LogP contribution is 2.43. The maximum absolute atomic E-state index is 13.6. The van der Waals surface area contributed by atoms with Gasteiger partial charge in [0, 0.05) is 52.4 Å². The Morgan fingerprint density at radius 3 is 2.00 bits per heavy atom. The molecule has 2 aromatic carbocycles. The number of sulfonamides is 2. The SMILES string of the molecule is O=C(NC12CCC(CC1)Cn1c2nc(C(=O)NCc2ccc(F)cc2)c(O)c1=O)C(=O)N1CCN(S(=O)(=O)c2ccc(S(=O)(=O)N3CCOCC3)cc2)CC1. The van der Waals surface area contributed by atoms with Crippen molar-refractivity contribution in [2.75, 3.05) is 52.5 Å². The number of piperazine rings is 1. The Morgan fingerprint density at radius 2 is 1.42 bits per heavy atom. The number of carbonyl (C=O) groups is 3. The maximum Gasteiger partial charge on any atom is 0.311 e. The van der Waals surface area contributed by atoms with Crippen molar-refractivity contribution in [3.05, 3.63) is 81.8 Å². The number of amides is 3. The first-order valence-corrected chi connectivity index (χ1v) is 20.7. The Morgan fingerprint density at radius 1 is 0.855 bits per heavy atom. The lowest BCUT2D eigenvalue weighted by atomic mass is 9.77. The normalized spacial score (nSPS) is 22.1. The van der Waals surface area contributed by atoms with Gasteiger partial charge in [-0.05, 0) is 73.6 Å². The molecule has 1 aliphatic carbocycles. The van der Waals surface area contributed by atoms with Crippen molar-refractivity contribution >= 4 is 37.8 Å². The number of nitrogens with one attached hydrogen (secondary N) is 2. The summed E-state index contributed by atoms with van der Waals surface area (Å²) >= 11 is 0. The number of morpholine rings is 1. The molecule has 0 unspecified atom stereocenters. The summed E-state index contributed by atoms with van der Waals surface area (Å²) in [7, 11) is -7.90. The van der Waals surface area contributed by atoms with Crippen LogP contribution in [0.5, 0.6) is 5.75 Å². The Hall–Kier alpha value is -4.76. The van der Waals surface area contributed by atoms with Crippen LogP contribution in [-0.4, -0.2) is 115 Å². The molecule has 1 saturated carbocycles. The van der Waals surface area contributed by atoms with E-state index < -0.39 is 66.1 Å². The molecule has 55 heavy (non-hydrogen) atoms. The lowest BCUT2D eigenvalue weighted by molar-refractivity contribution is -0.148. The first kappa shape index (κ1) is 38.5. The molecule has 5 aliphatic rings. The summed E-state index contributed by atoms with van der Waals surface area (Å²) in [6.07, 6.45) is 1.76. The Kier molecular flexibility index (Phi) is 10.5. The van der Waals surface area contributed by atoms with Crippen molar-refractivity contribution in [2.24, 2.45) is 5.92 Å². The van der Waals surface area contributed by atoms with E-state index in [2.05, 4.69) is 15.6 Å². The largest absolute Gasteiger partial charge is 0.501 e. The molecule has 2 saturated heterocycles. The van der Waals surface area contributed by atoms with E-state index in [-0.39, 0.29) is 87.1 Å². The third-order valence-electron chi connectivity index (χ3n) is 10.7.